The van der Waals surface area contributed by atoms with Crippen LogP contribution in [0, 0.1) is 0 Å². The Bertz CT molecular complexity index is 654. The Morgan fingerprint density at radius 1 is 1.43 bits per heavy atom. The molecule has 8 nitrogen and oxygen atoms in total. The Morgan fingerprint density at radius 3 is 2.76 bits per heavy atom. The minimum absolute atomic E-state index is 0.0551. The highest BCUT2D eigenvalue weighted by Crippen LogP contribution is 2.26. The molecular weight excluding hydrogens is 276 g/mol. The summed E-state index contributed by atoms with van der Waals surface area (Å²) in [6.07, 6.45) is 2.75. The van der Waals surface area contributed by atoms with E-state index in [4.69, 9.17) is 9.84 Å². The zero-order valence-corrected chi connectivity index (χ0v) is 11.5. The van der Waals surface area contributed by atoms with Gasteiger partial charge in [-0.25, -0.2) is 14.5 Å². The van der Waals surface area contributed by atoms with Crippen LogP contribution in [0.25, 0.3) is 0 Å². The number of methoxy groups -OCH3 is 1. The average molecular weight is 290 g/mol. The van der Waals surface area contributed by atoms with Gasteiger partial charge in [-0.3, -0.25) is 4.79 Å². The average Bonchev–Trinajstić information content (AvgIpc) is 3.00. The van der Waals surface area contributed by atoms with Gasteiger partial charge in [-0.15, -0.1) is 0 Å². The van der Waals surface area contributed by atoms with Crippen molar-refractivity contribution < 1.29 is 19.4 Å². The summed E-state index contributed by atoms with van der Waals surface area (Å²) in [6, 6.07) is 3.63. The molecule has 1 unspecified atom stereocenters. The molecule has 0 fully saturated rings. The zero-order chi connectivity index (χ0) is 15.4. The summed E-state index contributed by atoms with van der Waals surface area (Å²) in [7, 11) is 1.44. The van der Waals surface area contributed by atoms with Crippen molar-refractivity contribution in [3.8, 4) is 5.75 Å². The number of carboxylic acids is 1. The second kappa shape index (κ2) is 6.04. The number of hydrogen-bond acceptors (Lipinski definition) is 5. The summed E-state index contributed by atoms with van der Waals surface area (Å²) < 4.78 is 6.50. The lowest BCUT2D eigenvalue weighted by molar-refractivity contribution is -0.119. The van der Waals surface area contributed by atoms with Gasteiger partial charge in [-0.2, -0.15) is 5.10 Å². The molecule has 0 aliphatic carbocycles. The molecule has 2 aromatic rings. The van der Waals surface area contributed by atoms with Crippen molar-refractivity contribution in [3.63, 3.8) is 0 Å². The first kappa shape index (κ1) is 14.5. The number of aromatic nitrogens is 3. The predicted octanol–water partition coefficient (Wildman–Crippen LogP) is 1.18. The third-order valence-electron chi connectivity index (χ3n) is 2.92. The normalized spacial score (nSPS) is 11.7. The summed E-state index contributed by atoms with van der Waals surface area (Å²) in [4.78, 5) is 26.9. The maximum absolute atomic E-state index is 12.2. The zero-order valence-electron chi connectivity index (χ0n) is 11.5. The molecular formula is C13H14N4O4. The molecule has 1 aromatic carbocycles. The van der Waals surface area contributed by atoms with Crippen LogP contribution in [0.15, 0.2) is 30.9 Å². The van der Waals surface area contributed by atoms with Crippen LogP contribution < -0.4 is 10.1 Å². The van der Waals surface area contributed by atoms with Crippen LogP contribution in [0.4, 0.5) is 5.69 Å². The predicted molar refractivity (Wildman–Crippen MR) is 73.3 cm³/mol. The van der Waals surface area contributed by atoms with Gasteiger partial charge < -0.3 is 15.2 Å². The van der Waals surface area contributed by atoms with Crippen molar-refractivity contribution >= 4 is 17.6 Å². The van der Waals surface area contributed by atoms with E-state index >= 15 is 0 Å². The number of hydrogen-bond donors (Lipinski definition) is 2. The van der Waals surface area contributed by atoms with Gasteiger partial charge in [0, 0.05) is 0 Å². The van der Waals surface area contributed by atoms with Crippen LogP contribution in [0.5, 0.6) is 5.75 Å². The van der Waals surface area contributed by atoms with Crippen molar-refractivity contribution in [2.24, 2.45) is 0 Å². The lowest BCUT2D eigenvalue weighted by Gasteiger charge is -2.14. The highest BCUT2D eigenvalue weighted by molar-refractivity contribution is 5.97. The van der Waals surface area contributed by atoms with Gasteiger partial charge in [0.25, 0.3) is 0 Å². The summed E-state index contributed by atoms with van der Waals surface area (Å²) in [5.74, 6) is -1.07. The Balaban J connectivity index is 2.23. The Morgan fingerprint density at radius 2 is 2.19 bits per heavy atom. The van der Waals surface area contributed by atoms with Crippen LogP contribution in [0.3, 0.4) is 0 Å². The first-order valence-corrected chi connectivity index (χ1v) is 6.09. The van der Waals surface area contributed by atoms with Gasteiger partial charge in [0.15, 0.2) is 0 Å². The third kappa shape index (κ3) is 3.16. The minimum atomic E-state index is -1.09. The Hall–Kier alpha value is -2.90. The van der Waals surface area contributed by atoms with E-state index in [0.29, 0.717) is 5.75 Å². The van der Waals surface area contributed by atoms with Crippen molar-refractivity contribution in [2.75, 3.05) is 12.4 Å². The topological polar surface area (TPSA) is 106 Å². The largest absolute Gasteiger partial charge is 0.495 e. The maximum atomic E-state index is 12.2. The molecule has 1 amide bonds. The van der Waals surface area contributed by atoms with Gasteiger partial charge in [-0.1, -0.05) is 0 Å². The molecule has 0 saturated heterocycles. The lowest BCUT2D eigenvalue weighted by atomic mass is 10.1. The maximum Gasteiger partial charge on any atom is 0.335 e. The van der Waals surface area contributed by atoms with Crippen LogP contribution in [0.1, 0.15) is 23.3 Å². The van der Waals surface area contributed by atoms with Crippen molar-refractivity contribution in [3.05, 3.63) is 36.4 Å². The fourth-order valence-corrected chi connectivity index (χ4v) is 1.71. The molecule has 0 aliphatic rings. The van der Waals surface area contributed by atoms with Crippen LogP contribution in [0.2, 0.25) is 0 Å². The molecule has 110 valence electrons. The van der Waals surface area contributed by atoms with E-state index in [1.54, 1.807) is 6.92 Å². The fourth-order valence-electron chi connectivity index (χ4n) is 1.71. The second-order valence-corrected chi connectivity index (χ2v) is 4.26. The lowest BCUT2D eigenvalue weighted by Crippen LogP contribution is -2.24. The van der Waals surface area contributed by atoms with Crippen molar-refractivity contribution in [2.45, 2.75) is 13.0 Å². The minimum Gasteiger partial charge on any atom is -0.495 e. The van der Waals surface area contributed by atoms with Gasteiger partial charge in [-0.05, 0) is 25.1 Å². The first-order chi connectivity index (χ1) is 10.0. The molecule has 2 rings (SSSR count). The summed E-state index contributed by atoms with van der Waals surface area (Å²) >= 11 is 0. The van der Waals surface area contributed by atoms with Crippen LogP contribution in [-0.4, -0.2) is 38.9 Å². The molecule has 1 atom stereocenters. The van der Waals surface area contributed by atoms with Gasteiger partial charge >= 0.3 is 5.97 Å². The number of nitrogens with one attached hydrogen (secondary N) is 1. The van der Waals surface area contributed by atoms with E-state index in [0.717, 1.165) is 0 Å². The number of amides is 1. The summed E-state index contributed by atoms with van der Waals surface area (Å²) in [5, 5.41) is 15.5. The van der Waals surface area contributed by atoms with E-state index in [1.807, 2.05) is 0 Å². The number of ether oxygens (including phenoxy) is 1. The molecule has 2 N–H and O–H groups in total. The summed E-state index contributed by atoms with van der Waals surface area (Å²) in [5.41, 5.74) is 0.342. The van der Waals surface area contributed by atoms with E-state index in [-0.39, 0.29) is 17.2 Å². The second-order valence-electron chi connectivity index (χ2n) is 4.26. The van der Waals surface area contributed by atoms with Crippen LogP contribution in [-0.2, 0) is 4.79 Å². The van der Waals surface area contributed by atoms with Gasteiger partial charge in [0.2, 0.25) is 5.91 Å². The number of nitrogens with zero attached hydrogens (tertiary/aromatic N) is 3. The summed E-state index contributed by atoms with van der Waals surface area (Å²) in [6.45, 7) is 1.65. The Labute approximate surface area is 120 Å². The third-order valence-corrected chi connectivity index (χ3v) is 2.92. The number of carbonyl (C=O) groups excluding carboxylic acids is 1. The fraction of sp³-hybridized carbons (Fsp3) is 0.231. The standard InChI is InChI=1S/C13H14N4O4/c1-8(17-7-14-6-15-17)12(18)16-10-5-9(13(19)20)3-4-11(10)21-2/h3-8H,1-2H3,(H,16,18)(H,19,20). The van der Waals surface area contributed by atoms with E-state index in [9.17, 15) is 9.59 Å². The number of carbonyl (C=O) groups is 2. The number of carboxylic acid groups (broad SMARTS) is 1. The highest BCUT2D eigenvalue weighted by Gasteiger charge is 2.18. The first-order valence-electron chi connectivity index (χ1n) is 6.09. The Kier molecular flexibility index (Phi) is 4.17. The molecule has 21 heavy (non-hydrogen) atoms. The SMILES string of the molecule is COc1ccc(C(=O)O)cc1NC(=O)C(C)n1cncn1. The monoisotopic (exact) mass is 290 g/mol. The number of anilines is 1. The molecule has 1 aromatic heterocycles. The molecule has 0 aliphatic heterocycles. The molecule has 0 saturated carbocycles. The molecule has 0 bridgehead atoms. The van der Waals surface area contributed by atoms with Crippen molar-refractivity contribution in [1.29, 1.82) is 0 Å². The molecule has 0 spiro atoms. The van der Waals surface area contributed by atoms with E-state index in [1.165, 1.54) is 42.6 Å². The molecule has 0 radical (unpaired) electrons. The molecule has 8 heteroatoms. The number of aromatic carboxylic acids is 1. The van der Waals surface area contributed by atoms with E-state index in [2.05, 4.69) is 15.4 Å². The van der Waals surface area contributed by atoms with Gasteiger partial charge in [0.05, 0.1) is 18.4 Å². The van der Waals surface area contributed by atoms with Crippen molar-refractivity contribution in [1.82, 2.24) is 14.8 Å². The number of rotatable bonds is 5. The molecule has 1 heterocycles. The highest BCUT2D eigenvalue weighted by atomic mass is 16.5. The van der Waals surface area contributed by atoms with Crippen LogP contribution >= 0.6 is 0 Å². The smallest absolute Gasteiger partial charge is 0.335 e. The quantitative estimate of drug-likeness (QED) is 0.856. The van der Waals surface area contributed by atoms with E-state index < -0.39 is 12.0 Å². The van der Waals surface area contributed by atoms with Gasteiger partial charge in [0.1, 0.15) is 24.4 Å². The number of benzene rings is 1.